The molecule has 0 aromatic carbocycles. The van der Waals surface area contributed by atoms with Crippen LogP contribution in [-0.2, 0) is 23.7 Å². The van der Waals surface area contributed by atoms with Gasteiger partial charge in [0.2, 0.25) is 0 Å². The Balaban J connectivity index is 1.02. The van der Waals surface area contributed by atoms with E-state index in [-0.39, 0.29) is 59.9 Å². The fourth-order valence-electron chi connectivity index (χ4n) is 14.8. The molecule has 6 aliphatic carbocycles. The molecule has 308 valence electrons. The Morgan fingerprint density at radius 2 is 1.72 bits per heavy atom. The molecule has 0 aromatic heterocycles. The molecule has 8 aliphatic rings. The molecule has 54 heavy (non-hydrogen) atoms. The van der Waals surface area contributed by atoms with E-state index in [2.05, 4.69) is 10.6 Å². The summed E-state index contributed by atoms with van der Waals surface area (Å²) in [5.74, 6) is 4.05. The number of hydrogen-bond donors (Lipinski definition) is 5. The second kappa shape index (κ2) is 17.6. The number of rotatable bonds is 11. The first kappa shape index (κ1) is 40.0. The van der Waals surface area contributed by atoms with Crippen molar-refractivity contribution in [3.05, 3.63) is 0 Å². The zero-order valence-electron chi connectivity index (χ0n) is 33.7. The van der Waals surface area contributed by atoms with Gasteiger partial charge in [-0.2, -0.15) is 0 Å². The Bertz CT molecular complexity index is 1230. The van der Waals surface area contributed by atoms with Crippen molar-refractivity contribution >= 4 is 5.97 Å². The third-order valence-corrected chi connectivity index (χ3v) is 17.0. The van der Waals surface area contributed by atoms with Crippen LogP contribution in [-0.4, -0.2) is 98.4 Å². The number of hydrogen-bond acceptors (Lipinski definition) is 8. The molecule has 2 heterocycles. The maximum absolute atomic E-state index is 12.3. The summed E-state index contributed by atoms with van der Waals surface area (Å²) in [7, 11) is 1.87. The van der Waals surface area contributed by atoms with Crippen LogP contribution in [0.5, 0.6) is 0 Å². The number of methoxy groups -OCH3 is 1. The van der Waals surface area contributed by atoms with Gasteiger partial charge in [-0.1, -0.05) is 6.42 Å². The number of carbonyl (C=O) groups excluding carboxylic acids is 1. The number of aliphatic hydroxyl groups excluding tert-OH is 2. The first-order valence-corrected chi connectivity index (χ1v) is 22.9. The minimum Gasteiger partial charge on any atom is -0.465 e. The summed E-state index contributed by atoms with van der Waals surface area (Å²) in [4.78, 5) is 12.3. The minimum absolute atomic E-state index is 0.00543. The van der Waals surface area contributed by atoms with Gasteiger partial charge in [-0.15, -0.1) is 0 Å². The molecule has 8 fully saturated rings. The van der Waals surface area contributed by atoms with Crippen LogP contribution in [0.2, 0.25) is 0 Å². The highest BCUT2D eigenvalue weighted by Crippen LogP contribution is 2.68. The van der Waals surface area contributed by atoms with E-state index in [0.29, 0.717) is 42.8 Å². The summed E-state index contributed by atoms with van der Waals surface area (Å²) in [6.45, 7) is 4.76. The molecule has 6 saturated carbocycles. The predicted octanol–water partition coefficient (Wildman–Crippen LogP) is 3.26. The van der Waals surface area contributed by atoms with Gasteiger partial charge in [0.25, 0.3) is 0 Å². The predicted molar refractivity (Wildman–Crippen MR) is 205 cm³/mol. The lowest BCUT2D eigenvalue weighted by molar-refractivity contribution is -0.703. The lowest BCUT2D eigenvalue weighted by atomic mass is 9.45. The molecular weight excluding hydrogens is 682 g/mol. The molecular formula is C44H77N3O7+2. The van der Waals surface area contributed by atoms with Crippen molar-refractivity contribution in [3.8, 4) is 0 Å². The molecule has 2 saturated heterocycles. The fraction of sp³-hybridized carbons (Fsp3) is 0.977. The van der Waals surface area contributed by atoms with E-state index < -0.39 is 6.10 Å². The molecule has 0 aromatic rings. The molecule has 2 aliphatic heterocycles. The average Bonchev–Trinajstić information content (AvgIpc) is 3.74. The van der Waals surface area contributed by atoms with Crippen molar-refractivity contribution in [2.24, 2.45) is 64.4 Å². The number of fused-ring (bicyclic) bond motifs is 6. The van der Waals surface area contributed by atoms with Crippen LogP contribution in [0.3, 0.4) is 0 Å². The summed E-state index contributed by atoms with van der Waals surface area (Å²) in [5, 5.41) is 27.1. The van der Waals surface area contributed by atoms with Crippen LogP contribution in [0.4, 0.5) is 0 Å². The van der Waals surface area contributed by atoms with Crippen molar-refractivity contribution in [3.63, 3.8) is 0 Å². The van der Waals surface area contributed by atoms with Crippen molar-refractivity contribution in [1.29, 1.82) is 0 Å². The second-order valence-electron chi connectivity index (χ2n) is 20.2. The van der Waals surface area contributed by atoms with E-state index in [9.17, 15) is 15.0 Å². The zero-order chi connectivity index (χ0) is 37.4. The minimum atomic E-state index is -0.435. The fourth-order valence-corrected chi connectivity index (χ4v) is 14.8. The van der Waals surface area contributed by atoms with E-state index in [1.54, 1.807) is 6.92 Å². The summed E-state index contributed by atoms with van der Waals surface area (Å²) >= 11 is 0. The summed E-state index contributed by atoms with van der Waals surface area (Å²) < 4.78 is 26.3. The largest absolute Gasteiger partial charge is 0.465 e. The van der Waals surface area contributed by atoms with E-state index >= 15 is 0 Å². The number of quaternary nitrogens is 2. The number of carbonyl (C=O) groups is 1. The highest BCUT2D eigenvalue weighted by Gasteiger charge is 2.65. The molecule has 10 nitrogen and oxygen atoms in total. The lowest BCUT2D eigenvalue weighted by Crippen LogP contribution is -2.95. The average molecular weight is 760 g/mol. The van der Waals surface area contributed by atoms with Gasteiger partial charge in [0.05, 0.1) is 69.0 Å². The van der Waals surface area contributed by atoms with Crippen LogP contribution < -0.4 is 16.4 Å². The standard InChI is InChI=1S/C44H75N3O7/c1-26(48)53-25-35-33-10-11-34-40-30(19-32(49)21-38(40)51-2)23-44(15-14-27(22-44)18-28-8-13-39(45)47-24-28)41(34)43(33)54-42(35)29-9-12-36(50)37(20-29)52-17-16-46-31-6-4-3-5-7-31/h27-43,46-47,49-50H,3-25,45H2,1-2H3/p+2/t27-,28?,29?,30?,32?,33?,34?,35+,36?,37?,38?,39?,40?,41?,42+,43?,44-/m0/s1. The Labute approximate surface area is 325 Å². The Hall–Kier alpha value is -0.850. The van der Waals surface area contributed by atoms with Gasteiger partial charge in [-0.05, 0) is 156 Å². The highest BCUT2D eigenvalue weighted by molar-refractivity contribution is 5.65. The maximum atomic E-state index is 12.3. The topological polar surface area (TPSA) is 154 Å². The van der Waals surface area contributed by atoms with E-state index in [1.165, 1.54) is 77.0 Å². The van der Waals surface area contributed by atoms with Gasteiger partial charge in [0.15, 0.2) is 0 Å². The van der Waals surface area contributed by atoms with Gasteiger partial charge in [-0.25, -0.2) is 0 Å². The quantitative estimate of drug-likeness (QED) is 0.159. The van der Waals surface area contributed by atoms with E-state index in [4.69, 9.17) is 24.7 Å². The third-order valence-electron chi connectivity index (χ3n) is 17.0. The van der Waals surface area contributed by atoms with Gasteiger partial charge in [0, 0.05) is 32.3 Å². The number of ether oxygens (including phenoxy) is 4. The Morgan fingerprint density at radius 3 is 2.50 bits per heavy atom. The van der Waals surface area contributed by atoms with Gasteiger partial charge < -0.3 is 39.8 Å². The number of nitrogens with two attached hydrogens (primary N) is 3. The van der Waals surface area contributed by atoms with E-state index in [1.807, 2.05) is 7.11 Å². The molecule has 8 rings (SSSR count). The number of piperidine rings is 1. The molecule has 8 N–H and O–H groups in total. The maximum Gasteiger partial charge on any atom is 0.302 e. The van der Waals surface area contributed by atoms with E-state index in [0.717, 1.165) is 75.9 Å². The SMILES string of the molecule is COC1CC(O)CC2C[C@@]3(CC[C@@H](CC4CCC(N)[NH2+]C4)C3)C3C(CCC4C3O[C@H](C3CCC(O)C(OCC[NH2+]C5CCCCC5)C3)[C@@H]4COC(C)=O)C21. The lowest BCUT2D eigenvalue weighted by Gasteiger charge is -2.61. The molecule has 1 spiro atoms. The van der Waals surface area contributed by atoms with Crippen LogP contribution >= 0.6 is 0 Å². The first-order valence-electron chi connectivity index (χ1n) is 22.9. The number of esters is 1. The Morgan fingerprint density at radius 1 is 0.889 bits per heavy atom. The molecule has 0 amide bonds. The smallest absolute Gasteiger partial charge is 0.302 e. The highest BCUT2D eigenvalue weighted by atomic mass is 16.5. The third kappa shape index (κ3) is 8.48. The van der Waals surface area contributed by atoms with Crippen molar-refractivity contribution in [2.75, 3.05) is 33.4 Å². The van der Waals surface area contributed by atoms with Crippen LogP contribution in [0.1, 0.15) is 129 Å². The summed E-state index contributed by atoms with van der Waals surface area (Å²) in [5.41, 5.74) is 6.49. The van der Waals surface area contributed by atoms with Gasteiger partial charge in [-0.3, -0.25) is 10.5 Å². The van der Waals surface area contributed by atoms with Gasteiger partial charge in [0.1, 0.15) is 6.17 Å². The molecule has 0 bridgehead atoms. The summed E-state index contributed by atoms with van der Waals surface area (Å²) in [6, 6.07) is 0.725. The van der Waals surface area contributed by atoms with Crippen molar-refractivity contribution < 1.29 is 44.6 Å². The van der Waals surface area contributed by atoms with Crippen LogP contribution in [0, 0.1) is 58.7 Å². The molecule has 10 heteroatoms. The van der Waals surface area contributed by atoms with Crippen LogP contribution in [0.15, 0.2) is 0 Å². The normalized spacial score (nSPS) is 48.2. The second-order valence-corrected chi connectivity index (χ2v) is 20.2. The van der Waals surface area contributed by atoms with Crippen LogP contribution in [0.25, 0.3) is 0 Å². The molecule has 13 unspecified atom stereocenters. The van der Waals surface area contributed by atoms with Crippen molar-refractivity contribution in [2.45, 2.75) is 178 Å². The first-order chi connectivity index (χ1) is 26.2. The molecule has 17 atom stereocenters. The Kier molecular flexibility index (Phi) is 13.0. The number of aliphatic hydroxyl groups is 2. The zero-order valence-corrected chi connectivity index (χ0v) is 33.7. The van der Waals surface area contributed by atoms with Crippen molar-refractivity contribution in [1.82, 2.24) is 0 Å². The molecule has 0 radical (unpaired) electrons. The van der Waals surface area contributed by atoms with Gasteiger partial charge >= 0.3 is 5.97 Å². The summed E-state index contributed by atoms with van der Waals surface area (Å²) in [6.07, 6.45) is 21.4. The monoisotopic (exact) mass is 760 g/mol.